The van der Waals surface area contributed by atoms with Gasteiger partial charge in [0.25, 0.3) is 0 Å². The minimum atomic E-state index is -0.0994. The lowest BCUT2D eigenvalue weighted by molar-refractivity contribution is 0.459. The van der Waals surface area contributed by atoms with Crippen LogP contribution in [0.15, 0.2) is 140 Å². The highest BCUT2D eigenvalue weighted by atomic mass is 16.5. The van der Waals surface area contributed by atoms with Gasteiger partial charge in [0, 0.05) is 34.3 Å². The third kappa shape index (κ3) is 4.77. The molecule has 0 aliphatic carbocycles. The number of ether oxygens (including phenoxy) is 1. The fourth-order valence-electron chi connectivity index (χ4n) is 6.34. The van der Waals surface area contributed by atoms with Gasteiger partial charge < -0.3 is 19.1 Å². The molecule has 5 heteroatoms. The maximum atomic E-state index is 6.64. The Kier molecular flexibility index (Phi) is 6.35. The van der Waals surface area contributed by atoms with Crippen molar-refractivity contribution in [2.45, 2.75) is 26.2 Å². The monoisotopic (exact) mass is 586 g/mol. The SMILES string of the molecule is CC(C)(C)c1cc(Oc2ccc3c4ccccc4n(-c4ccccc4)c3c2)nc(N2CN(c3ccccc3)c3ccccc32)c1. The van der Waals surface area contributed by atoms with Crippen LogP contribution in [0.5, 0.6) is 11.6 Å². The Balaban J connectivity index is 1.22. The largest absolute Gasteiger partial charge is 0.439 e. The fourth-order valence-corrected chi connectivity index (χ4v) is 6.34. The molecule has 8 rings (SSSR count). The number of para-hydroxylation sites is 5. The number of rotatable bonds is 5. The van der Waals surface area contributed by atoms with Gasteiger partial charge in [0.05, 0.1) is 22.4 Å². The molecule has 1 aliphatic rings. The first kappa shape index (κ1) is 27.0. The number of anilines is 4. The summed E-state index contributed by atoms with van der Waals surface area (Å²) in [6.45, 7) is 7.35. The number of hydrogen-bond acceptors (Lipinski definition) is 4. The van der Waals surface area contributed by atoms with Gasteiger partial charge in [-0.05, 0) is 71.6 Å². The summed E-state index contributed by atoms with van der Waals surface area (Å²) in [5.41, 5.74) is 7.88. The van der Waals surface area contributed by atoms with E-state index in [2.05, 4.69) is 175 Å². The van der Waals surface area contributed by atoms with Gasteiger partial charge in [-0.25, -0.2) is 0 Å². The molecule has 0 bridgehead atoms. The zero-order valence-corrected chi connectivity index (χ0v) is 25.7. The van der Waals surface area contributed by atoms with Gasteiger partial charge in [0.2, 0.25) is 5.88 Å². The summed E-state index contributed by atoms with van der Waals surface area (Å²) < 4.78 is 8.95. The predicted molar refractivity (Wildman–Crippen MR) is 186 cm³/mol. The van der Waals surface area contributed by atoms with Crippen molar-refractivity contribution in [1.82, 2.24) is 9.55 Å². The van der Waals surface area contributed by atoms with Gasteiger partial charge in [0.15, 0.2) is 0 Å². The van der Waals surface area contributed by atoms with Crippen molar-refractivity contribution >= 4 is 44.7 Å². The standard InChI is InChI=1S/C40H34N4O/c1-40(2,3)28-24-38(43-27-42(29-14-6-4-7-15-29)35-20-12-13-21-36(35)43)41-39(25-28)45-31-22-23-33-32-18-10-11-19-34(32)44(37(33)26-31)30-16-8-5-9-17-30/h4-26H,27H2,1-3H3. The van der Waals surface area contributed by atoms with Crippen molar-refractivity contribution in [2.24, 2.45) is 0 Å². The zero-order chi connectivity index (χ0) is 30.5. The number of fused-ring (bicyclic) bond motifs is 4. The van der Waals surface area contributed by atoms with Gasteiger partial charge in [0.1, 0.15) is 18.2 Å². The normalized spacial score (nSPS) is 13.0. The predicted octanol–water partition coefficient (Wildman–Crippen LogP) is 10.5. The third-order valence-corrected chi connectivity index (χ3v) is 8.63. The van der Waals surface area contributed by atoms with Gasteiger partial charge in [-0.1, -0.05) is 87.5 Å². The first-order chi connectivity index (χ1) is 21.9. The van der Waals surface area contributed by atoms with Crippen molar-refractivity contribution < 1.29 is 4.74 Å². The smallest absolute Gasteiger partial charge is 0.221 e. The van der Waals surface area contributed by atoms with Crippen LogP contribution in [0.4, 0.5) is 22.9 Å². The van der Waals surface area contributed by atoms with Crippen LogP contribution in [0, 0.1) is 0 Å². The lowest BCUT2D eigenvalue weighted by atomic mass is 9.87. The first-order valence-electron chi connectivity index (χ1n) is 15.4. The average Bonchev–Trinajstić information content (AvgIpc) is 3.61. The van der Waals surface area contributed by atoms with Crippen molar-refractivity contribution in [3.63, 3.8) is 0 Å². The fraction of sp³-hybridized carbons (Fsp3) is 0.125. The van der Waals surface area contributed by atoms with Crippen LogP contribution >= 0.6 is 0 Å². The molecule has 7 aromatic rings. The maximum absolute atomic E-state index is 6.64. The van der Waals surface area contributed by atoms with Gasteiger partial charge in [-0.3, -0.25) is 0 Å². The second-order valence-corrected chi connectivity index (χ2v) is 12.6. The summed E-state index contributed by atoms with van der Waals surface area (Å²) in [5, 5.41) is 2.40. The highest BCUT2D eigenvalue weighted by Crippen LogP contribution is 2.45. The molecule has 0 fully saturated rings. The van der Waals surface area contributed by atoms with E-state index in [-0.39, 0.29) is 5.41 Å². The van der Waals surface area contributed by atoms with Gasteiger partial charge in [-0.2, -0.15) is 4.98 Å². The van der Waals surface area contributed by atoms with E-state index in [4.69, 9.17) is 9.72 Å². The Morgan fingerprint density at radius 1 is 0.578 bits per heavy atom. The molecule has 0 unspecified atom stereocenters. The average molecular weight is 587 g/mol. The number of nitrogens with zero attached hydrogens (tertiary/aromatic N) is 4. The molecule has 45 heavy (non-hydrogen) atoms. The summed E-state index contributed by atoms with van der Waals surface area (Å²) in [4.78, 5) is 9.73. The van der Waals surface area contributed by atoms with E-state index in [1.54, 1.807) is 0 Å². The van der Waals surface area contributed by atoms with Crippen LogP contribution < -0.4 is 14.5 Å². The first-order valence-corrected chi connectivity index (χ1v) is 15.4. The van der Waals surface area contributed by atoms with Crippen molar-refractivity contribution in [3.8, 4) is 17.3 Å². The van der Waals surface area contributed by atoms with Gasteiger partial charge in [-0.15, -0.1) is 0 Å². The summed E-state index contributed by atoms with van der Waals surface area (Å²) in [6, 6.07) is 48.7. The molecule has 220 valence electrons. The lowest BCUT2D eigenvalue weighted by Crippen LogP contribution is -2.25. The summed E-state index contributed by atoms with van der Waals surface area (Å²) in [7, 11) is 0. The lowest BCUT2D eigenvalue weighted by Gasteiger charge is -2.25. The number of aromatic nitrogens is 2. The topological polar surface area (TPSA) is 33.5 Å². The second-order valence-electron chi connectivity index (χ2n) is 12.6. The maximum Gasteiger partial charge on any atom is 0.221 e. The molecule has 0 spiro atoms. The van der Waals surface area contributed by atoms with Crippen molar-refractivity contribution in [1.29, 1.82) is 0 Å². The van der Waals surface area contributed by atoms with E-state index >= 15 is 0 Å². The van der Waals surface area contributed by atoms with E-state index < -0.39 is 0 Å². The molecule has 5 aromatic carbocycles. The van der Waals surface area contributed by atoms with Gasteiger partial charge >= 0.3 is 0 Å². The summed E-state index contributed by atoms with van der Waals surface area (Å²) in [6.07, 6.45) is 0. The molecule has 0 atom stereocenters. The molecule has 0 amide bonds. The van der Waals surface area contributed by atoms with Crippen LogP contribution in [-0.4, -0.2) is 16.2 Å². The van der Waals surface area contributed by atoms with E-state index in [1.165, 1.54) is 16.3 Å². The van der Waals surface area contributed by atoms with E-state index in [0.29, 0.717) is 12.5 Å². The molecule has 0 saturated heterocycles. The highest BCUT2D eigenvalue weighted by molar-refractivity contribution is 6.09. The molecule has 5 nitrogen and oxygen atoms in total. The molecule has 2 aromatic heterocycles. The highest BCUT2D eigenvalue weighted by Gasteiger charge is 2.30. The molecule has 1 aliphatic heterocycles. The minimum absolute atomic E-state index is 0.0994. The Morgan fingerprint density at radius 3 is 1.93 bits per heavy atom. The summed E-state index contributed by atoms with van der Waals surface area (Å²) >= 11 is 0. The van der Waals surface area contributed by atoms with Crippen LogP contribution in [0.25, 0.3) is 27.5 Å². The molecule has 3 heterocycles. The quantitative estimate of drug-likeness (QED) is 0.201. The van der Waals surface area contributed by atoms with Crippen LogP contribution in [0.3, 0.4) is 0 Å². The second kappa shape index (κ2) is 10.6. The molecular formula is C40H34N4O. The Labute approximate surface area is 263 Å². The number of hydrogen-bond donors (Lipinski definition) is 0. The Morgan fingerprint density at radius 2 is 1.20 bits per heavy atom. The summed E-state index contributed by atoms with van der Waals surface area (Å²) in [5.74, 6) is 2.19. The Hall–Kier alpha value is -5.55. The molecule has 0 N–H and O–H groups in total. The molecular weight excluding hydrogens is 552 g/mol. The van der Waals surface area contributed by atoms with Crippen molar-refractivity contribution in [2.75, 3.05) is 16.5 Å². The van der Waals surface area contributed by atoms with E-state index in [0.717, 1.165) is 45.4 Å². The Bertz CT molecular complexity index is 2160. The van der Waals surface area contributed by atoms with Crippen molar-refractivity contribution in [3.05, 3.63) is 145 Å². The number of benzene rings is 5. The third-order valence-electron chi connectivity index (χ3n) is 8.63. The van der Waals surface area contributed by atoms with E-state index in [1.807, 2.05) is 0 Å². The van der Waals surface area contributed by atoms with Crippen LogP contribution in [0.2, 0.25) is 0 Å². The van der Waals surface area contributed by atoms with E-state index in [9.17, 15) is 0 Å². The number of pyridine rings is 1. The zero-order valence-electron chi connectivity index (χ0n) is 25.7. The molecule has 0 radical (unpaired) electrons. The van der Waals surface area contributed by atoms with Crippen LogP contribution in [-0.2, 0) is 5.41 Å². The molecule has 0 saturated carbocycles. The van der Waals surface area contributed by atoms with Crippen LogP contribution in [0.1, 0.15) is 26.3 Å². The minimum Gasteiger partial charge on any atom is -0.439 e.